The number of hydrogen-bond donors (Lipinski definition) is 5. The van der Waals surface area contributed by atoms with Gasteiger partial charge in [0.2, 0.25) is 5.91 Å². The van der Waals surface area contributed by atoms with Crippen LogP contribution in [0.25, 0.3) is 22.3 Å². The molecule has 0 saturated carbocycles. The Balaban J connectivity index is 0.000000349. The summed E-state index contributed by atoms with van der Waals surface area (Å²) in [6.45, 7) is 0. The van der Waals surface area contributed by atoms with Gasteiger partial charge in [-0.3, -0.25) is 4.79 Å². The molecule has 218 valence electrons. The highest BCUT2D eigenvalue weighted by molar-refractivity contribution is 6.30. The number of nitrogens with one attached hydrogen (secondary N) is 2. The minimum Gasteiger partial charge on any atom is -0.475 e. The van der Waals surface area contributed by atoms with Gasteiger partial charge in [-0.05, 0) is 35.9 Å². The molecule has 17 heteroatoms. The lowest BCUT2D eigenvalue weighted by molar-refractivity contribution is -0.193. The fraction of sp³-hybridized carbons (Fsp3) is 0.125. The number of carboxylic acids is 2. The van der Waals surface area contributed by atoms with Crippen molar-refractivity contribution < 1.29 is 50.9 Å². The number of aromatic amines is 1. The van der Waals surface area contributed by atoms with E-state index in [0.29, 0.717) is 16.3 Å². The normalized spacial score (nSPS) is 11.8. The van der Waals surface area contributed by atoms with Crippen LogP contribution in [-0.4, -0.2) is 55.4 Å². The van der Waals surface area contributed by atoms with Crippen LogP contribution < -0.4 is 11.1 Å². The molecule has 1 amide bonds. The summed E-state index contributed by atoms with van der Waals surface area (Å²) in [5, 5.41) is 18.6. The number of aliphatic carboxylic acids is 2. The van der Waals surface area contributed by atoms with Gasteiger partial charge in [0.1, 0.15) is 18.0 Å². The lowest BCUT2D eigenvalue weighted by atomic mass is 10.1. The maximum absolute atomic E-state index is 12.4. The van der Waals surface area contributed by atoms with Gasteiger partial charge in [-0.15, -0.1) is 0 Å². The zero-order chi connectivity index (χ0) is 31.0. The number of benzene rings is 2. The lowest BCUT2D eigenvalue weighted by Crippen LogP contribution is -2.27. The number of hydrogen-bond acceptors (Lipinski definition) is 6. The van der Waals surface area contributed by atoms with Crippen molar-refractivity contribution in [2.75, 3.05) is 5.32 Å². The van der Waals surface area contributed by atoms with Crippen LogP contribution in [-0.2, 0) is 14.4 Å². The van der Waals surface area contributed by atoms with E-state index in [2.05, 4.69) is 20.3 Å². The summed E-state index contributed by atoms with van der Waals surface area (Å²) in [5.74, 6) is -5.81. The summed E-state index contributed by atoms with van der Waals surface area (Å²) in [5.41, 5.74) is 9.94. The van der Waals surface area contributed by atoms with Gasteiger partial charge in [0, 0.05) is 27.9 Å². The third-order valence-electron chi connectivity index (χ3n) is 4.78. The first-order valence-corrected chi connectivity index (χ1v) is 11.2. The first-order valence-electron chi connectivity index (χ1n) is 10.8. The lowest BCUT2D eigenvalue weighted by Gasteiger charge is -2.13. The molecule has 1 unspecified atom stereocenters. The molecule has 6 N–H and O–H groups in total. The average Bonchev–Trinajstić information content (AvgIpc) is 3.38. The van der Waals surface area contributed by atoms with Crippen molar-refractivity contribution in [2.24, 2.45) is 5.73 Å². The van der Waals surface area contributed by atoms with Crippen LogP contribution in [0.2, 0.25) is 5.02 Å². The monoisotopic (exact) mass is 605 g/mol. The number of rotatable bonds is 4. The maximum atomic E-state index is 12.4. The summed E-state index contributed by atoms with van der Waals surface area (Å²) in [6.07, 6.45) is -6.81. The van der Waals surface area contributed by atoms with E-state index in [-0.39, 0.29) is 5.91 Å². The molecular formula is C24H18ClF6N5O5. The van der Waals surface area contributed by atoms with Crippen molar-refractivity contribution in [3.8, 4) is 11.3 Å². The van der Waals surface area contributed by atoms with E-state index < -0.39 is 30.3 Å². The van der Waals surface area contributed by atoms with E-state index in [4.69, 9.17) is 37.1 Å². The molecule has 0 aliphatic rings. The number of carbonyl (C=O) groups is 3. The van der Waals surface area contributed by atoms with Crippen LogP contribution in [0.15, 0.2) is 67.1 Å². The van der Waals surface area contributed by atoms with Gasteiger partial charge in [0.25, 0.3) is 0 Å². The van der Waals surface area contributed by atoms with Crippen LogP contribution in [0, 0.1) is 0 Å². The Bertz CT molecular complexity index is 1470. The quantitative estimate of drug-likeness (QED) is 0.198. The molecule has 4 aromatic rings. The number of amides is 1. The second-order valence-corrected chi connectivity index (χ2v) is 8.10. The van der Waals surface area contributed by atoms with Crippen LogP contribution in [0.3, 0.4) is 0 Å². The highest BCUT2D eigenvalue weighted by Crippen LogP contribution is 2.26. The first kappa shape index (κ1) is 32.5. The number of nitrogens with two attached hydrogens (primary N) is 1. The predicted octanol–water partition coefficient (Wildman–Crippen LogP) is 5.18. The van der Waals surface area contributed by atoms with Crippen LogP contribution in [0.4, 0.5) is 32.0 Å². The highest BCUT2D eigenvalue weighted by atomic mass is 35.5. The molecule has 0 radical (unpaired) electrons. The summed E-state index contributed by atoms with van der Waals surface area (Å²) in [4.78, 5) is 41.8. The Morgan fingerprint density at radius 1 is 0.854 bits per heavy atom. The minimum atomic E-state index is -5.08. The number of halogens is 7. The Labute approximate surface area is 230 Å². The zero-order valence-electron chi connectivity index (χ0n) is 20.2. The third kappa shape index (κ3) is 9.77. The number of alkyl halides is 6. The molecule has 1 atom stereocenters. The largest absolute Gasteiger partial charge is 0.490 e. The Hall–Kier alpha value is -4.70. The molecule has 4 rings (SSSR count). The van der Waals surface area contributed by atoms with Gasteiger partial charge >= 0.3 is 24.3 Å². The average molecular weight is 606 g/mol. The molecule has 10 nitrogen and oxygen atoms in total. The summed E-state index contributed by atoms with van der Waals surface area (Å²) in [6, 6.07) is 15.5. The number of H-pyrrole nitrogens is 1. The number of carbonyl (C=O) groups excluding carboxylic acids is 1. The van der Waals surface area contributed by atoms with Gasteiger partial charge < -0.3 is 26.2 Å². The predicted molar refractivity (Wildman–Crippen MR) is 134 cm³/mol. The summed E-state index contributed by atoms with van der Waals surface area (Å²) in [7, 11) is 0. The van der Waals surface area contributed by atoms with Crippen LogP contribution in [0.1, 0.15) is 11.6 Å². The van der Waals surface area contributed by atoms with Gasteiger partial charge in [0.05, 0.1) is 5.69 Å². The first-order chi connectivity index (χ1) is 19.0. The molecule has 0 saturated heterocycles. The Kier molecular flexibility index (Phi) is 10.8. The van der Waals surface area contributed by atoms with Crippen molar-refractivity contribution in [2.45, 2.75) is 18.4 Å². The molecule has 2 heterocycles. The second-order valence-electron chi connectivity index (χ2n) is 7.66. The third-order valence-corrected chi connectivity index (χ3v) is 5.03. The Morgan fingerprint density at radius 2 is 1.37 bits per heavy atom. The van der Waals surface area contributed by atoms with Crippen molar-refractivity contribution in [1.29, 1.82) is 0 Å². The zero-order valence-corrected chi connectivity index (χ0v) is 20.9. The number of carboxylic acid groups (broad SMARTS) is 2. The van der Waals surface area contributed by atoms with Crippen molar-refractivity contribution in [3.05, 3.63) is 77.7 Å². The number of nitrogens with zero attached hydrogens (tertiary/aromatic N) is 2. The minimum absolute atomic E-state index is 0.292. The van der Waals surface area contributed by atoms with Gasteiger partial charge in [-0.25, -0.2) is 19.6 Å². The summed E-state index contributed by atoms with van der Waals surface area (Å²) >= 11 is 5.87. The SMILES string of the molecule is NC(C(=O)Nc1ccc(-c2ncnc3[nH]ccc23)cc1)c1ccc(Cl)cc1.O=C(O)C(F)(F)F.O=C(O)C(F)(F)F. The van der Waals surface area contributed by atoms with Crippen LogP contribution in [0.5, 0.6) is 0 Å². The van der Waals surface area contributed by atoms with Gasteiger partial charge in [0.15, 0.2) is 0 Å². The van der Waals surface area contributed by atoms with E-state index in [0.717, 1.165) is 22.3 Å². The van der Waals surface area contributed by atoms with E-state index in [1.54, 1.807) is 24.3 Å². The Morgan fingerprint density at radius 3 is 1.85 bits per heavy atom. The smallest absolute Gasteiger partial charge is 0.475 e. The molecule has 0 spiro atoms. The second kappa shape index (κ2) is 13.6. The standard InChI is InChI=1S/C20H16ClN5O.2C2HF3O2/c21-14-5-1-12(2-6-14)17(22)20(27)26-15-7-3-13(4-8-15)18-16-9-10-23-19(16)25-11-24-18;2*3-2(4,5)1(6)7/h1-11,17H,22H2,(H,26,27)(H,23,24,25);2*(H,6,7). The fourth-order valence-electron chi connectivity index (χ4n) is 2.86. The molecule has 2 aromatic carbocycles. The van der Waals surface area contributed by atoms with E-state index in [1.165, 1.54) is 6.33 Å². The maximum Gasteiger partial charge on any atom is 0.490 e. The van der Waals surface area contributed by atoms with Crippen molar-refractivity contribution in [1.82, 2.24) is 15.0 Å². The van der Waals surface area contributed by atoms with Crippen LogP contribution >= 0.6 is 11.6 Å². The topological polar surface area (TPSA) is 171 Å². The number of fused-ring (bicyclic) bond motifs is 1. The van der Waals surface area contributed by atoms with Gasteiger partial charge in [-0.1, -0.05) is 35.9 Å². The van der Waals surface area contributed by atoms with Crippen molar-refractivity contribution >= 4 is 46.2 Å². The van der Waals surface area contributed by atoms with Gasteiger partial charge in [-0.2, -0.15) is 26.3 Å². The summed E-state index contributed by atoms with van der Waals surface area (Å²) < 4.78 is 63.5. The molecule has 0 fully saturated rings. The van der Waals surface area contributed by atoms with E-state index in [9.17, 15) is 31.1 Å². The van der Waals surface area contributed by atoms with E-state index >= 15 is 0 Å². The van der Waals surface area contributed by atoms with Crippen molar-refractivity contribution in [3.63, 3.8) is 0 Å². The fourth-order valence-corrected chi connectivity index (χ4v) is 2.98. The molecule has 2 aromatic heterocycles. The molecule has 0 bridgehead atoms. The highest BCUT2D eigenvalue weighted by Gasteiger charge is 2.38. The van der Waals surface area contributed by atoms with E-state index in [1.807, 2.05) is 36.5 Å². The number of aromatic nitrogens is 3. The molecule has 0 aliphatic carbocycles. The number of anilines is 1. The molecular weight excluding hydrogens is 588 g/mol. The molecule has 0 aliphatic heterocycles. The molecule has 41 heavy (non-hydrogen) atoms.